The fourth-order valence-electron chi connectivity index (χ4n) is 1.04. The van der Waals surface area contributed by atoms with Crippen LogP contribution in [0.3, 0.4) is 0 Å². The molecule has 1 nitrogen and oxygen atoms in total. The number of rotatable bonds is 5. The summed E-state index contributed by atoms with van der Waals surface area (Å²) in [6.45, 7) is 2.06. The second kappa shape index (κ2) is 6.69. The third kappa shape index (κ3) is 5.22. The largest absolute Gasteiger partial charge is 0.328 e. The summed E-state index contributed by atoms with van der Waals surface area (Å²) in [6, 6.07) is 9.03. The van der Waals surface area contributed by atoms with Gasteiger partial charge in [-0.05, 0) is 59.4 Å². The van der Waals surface area contributed by atoms with E-state index < -0.39 is 0 Å². The predicted octanol–water partition coefficient (Wildman–Crippen LogP) is 3.26. The Morgan fingerprint density at radius 2 is 2.00 bits per heavy atom. The Morgan fingerprint density at radius 1 is 1.36 bits per heavy atom. The van der Waals surface area contributed by atoms with Crippen molar-refractivity contribution < 1.29 is 0 Å². The van der Waals surface area contributed by atoms with E-state index in [1.165, 1.54) is 9.13 Å². The smallest absolute Gasteiger partial charge is 0.0184 e. The molecule has 1 unspecified atom stereocenters. The first-order valence-electron chi connectivity index (χ1n) is 4.76. The SMILES string of the molecule is CC(N)CCSCc1ccc(I)cc1. The van der Waals surface area contributed by atoms with Gasteiger partial charge in [0.15, 0.2) is 0 Å². The van der Waals surface area contributed by atoms with Gasteiger partial charge in [0.1, 0.15) is 0 Å². The fourth-order valence-corrected chi connectivity index (χ4v) is 2.51. The molecule has 1 rings (SSSR count). The number of benzene rings is 1. The third-order valence-electron chi connectivity index (χ3n) is 1.90. The monoisotopic (exact) mass is 321 g/mol. The molecule has 0 aliphatic carbocycles. The highest BCUT2D eigenvalue weighted by atomic mass is 127. The van der Waals surface area contributed by atoms with E-state index in [4.69, 9.17) is 5.73 Å². The van der Waals surface area contributed by atoms with Gasteiger partial charge in [-0.2, -0.15) is 11.8 Å². The molecule has 0 fully saturated rings. The average molecular weight is 321 g/mol. The molecule has 2 N–H and O–H groups in total. The lowest BCUT2D eigenvalue weighted by atomic mass is 10.2. The second-order valence-corrected chi connectivity index (χ2v) is 5.80. The molecule has 0 saturated carbocycles. The van der Waals surface area contributed by atoms with E-state index in [0.717, 1.165) is 17.9 Å². The number of hydrogen-bond acceptors (Lipinski definition) is 2. The summed E-state index contributed by atoms with van der Waals surface area (Å²) in [5.41, 5.74) is 7.08. The Morgan fingerprint density at radius 3 is 2.57 bits per heavy atom. The second-order valence-electron chi connectivity index (χ2n) is 3.45. The molecule has 0 aromatic heterocycles. The van der Waals surface area contributed by atoms with E-state index in [-0.39, 0.29) is 0 Å². The minimum absolute atomic E-state index is 0.333. The van der Waals surface area contributed by atoms with Gasteiger partial charge in [0.2, 0.25) is 0 Å². The van der Waals surface area contributed by atoms with Gasteiger partial charge in [0, 0.05) is 15.4 Å². The standard InChI is InChI=1S/C11H16INS/c1-9(13)6-7-14-8-10-2-4-11(12)5-3-10/h2-5,9H,6-8,13H2,1H3. The van der Waals surface area contributed by atoms with E-state index in [9.17, 15) is 0 Å². The highest BCUT2D eigenvalue weighted by molar-refractivity contribution is 14.1. The molecule has 3 heteroatoms. The van der Waals surface area contributed by atoms with Crippen LogP contribution in [-0.4, -0.2) is 11.8 Å². The number of hydrogen-bond donors (Lipinski definition) is 1. The Kier molecular flexibility index (Phi) is 5.89. The summed E-state index contributed by atoms with van der Waals surface area (Å²) >= 11 is 4.28. The third-order valence-corrected chi connectivity index (χ3v) is 3.68. The maximum Gasteiger partial charge on any atom is 0.0184 e. The van der Waals surface area contributed by atoms with Gasteiger partial charge in [0.25, 0.3) is 0 Å². The first-order valence-corrected chi connectivity index (χ1v) is 6.99. The molecular formula is C11H16INS. The van der Waals surface area contributed by atoms with Crippen molar-refractivity contribution in [2.75, 3.05) is 5.75 Å². The first-order chi connectivity index (χ1) is 6.68. The first kappa shape index (κ1) is 12.3. The zero-order chi connectivity index (χ0) is 10.4. The molecule has 1 aromatic carbocycles. The van der Waals surface area contributed by atoms with Crippen molar-refractivity contribution in [1.82, 2.24) is 0 Å². The minimum Gasteiger partial charge on any atom is -0.328 e. The van der Waals surface area contributed by atoms with Crippen LogP contribution >= 0.6 is 34.4 Å². The summed E-state index contributed by atoms with van der Waals surface area (Å²) in [5.74, 6) is 2.26. The lowest BCUT2D eigenvalue weighted by molar-refractivity contribution is 0.721. The van der Waals surface area contributed by atoms with E-state index >= 15 is 0 Å². The molecular weight excluding hydrogens is 305 g/mol. The minimum atomic E-state index is 0.333. The van der Waals surface area contributed by atoms with Gasteiger partial charge in [-0.3, -0.25) is 0 Å². The topological polar surface area (TPSA) is 26.0 Å². The number of thioether (sulfide) groups is 1. The van der Waals surface area contributed by atoms with E-state index in [1.807, 2.05) is 11.8 Å². The summed E-state index contributed by atoms with van der Waals surface area (Å²) in [4.78, 5) is 0. The Bertz CT molecular complexity index is 258. The van der Waals surface area contributed by atoms with Crippen LogP contribution in [0.5, 0.6) is 0 Å². The molecule has 14 heavy (non-hydrogen) atoms. The Labute approximate surface area is 104 Å². The summed E-state index contributed by atoms with van der Waals surface area (Å²) in [6.07, 6.45) is 1.11. The van der Waals surface area contributed by atoms with Gasteiger partial charge in [-0.1, -0.05) is 12.1 Å². The zero-order valence-electron chi connectivity index (χ0n) is 8.37. The molecule has 0 bridgehead atoms. The molecule has 0 aliphatic rings. The average Bonchev–Trinajstić information content (AvgIpc) is 2.15. The molecule has 1 atom stereocenters. The van der Waals surface area contributed by atoms with Gasteiger partial charge < -0.3 is 5.73 Å². The van der Waals surface area contributed by atoms with Crippen LogP contribution < -0.4 is 5.73 Å². The van der Waals surface area contributed by atoms with Crippen LogP contribution in [0, 0.1) is 3.57 Å². The zero-order valence-corrected chi connectivity index (χ0v) is 11.3. The molecule has 1 aromatic rings. The van der Waals surface area contributed by atoms with Gasteiger partial charge in [-0.25, -0.2) is 0 Å². The lowest BCUT2D eigenvalue weighted by Gasteiger charge is -2.04. The number of nitrogens with two attached hydrogens (primary N) is 1. The normalized spacial score (nSPS) is 12.8. The van der Waals surface area contributed by atoms with Gasteiger partial charge in [-0.15, -0.1) is 0 Å². The fraction of sp³-hybridized carbons (Fsp3) is 0.455. The molecule has 0 amide bonds. The van der Waals surface area contributed by atoms with E-state index in [1.54, 1.807) is 0 Å². The van der Waals surface area contributed by atoms with Crippen molar-refractivity contribution >= 4 is 34.4 Å². The van der Waals surface area contributed by atoms with Crippen molar-refractivity contribution in [2.45, 2.75) is 25.1 Å². The van der Waals surface area contributed by atoms with Crippen LogP contribution in [0.1, 0.15) is 18.9 Å². The van der Waals surface area contributed by atoms with Crippen LogP contribution in [0.25, 0.3) is 0 Å². The van der Waals surface area contributed by atoms with E-state index in [0.29, 0.717) is 6.04 Å². The highest BCUT2D eigenvalue weighted by Crippen LogP contribution is 2.15. The van der Waals surface area contributed by atoms with Gasteiger partial charge in [0.05, 0.1) is 0 Å². The van der Waals surface area contributed by atoms with E-state index in [2.05, 4.69) is 53.8 Å². The highest BCUT2D eigenvalue weighted by Gasteiger charge is 1.96. The quantitative estimate of drug-likeness (QED) is 0.665. The van der Waals surface area contributed by atoms with Crippen molar-refractivity contribution in [2.24, 2.45) is 5.73 Å². The predicted molar refractivity (Wildman–Crippen MR) is 73.6 cm³/mol. The maximum atomic E-state index is 5.68. The molecule has 0 spiro atoms. The summed E-state index contributed by atoms with van der Waals surface area (Å²) in [5, 5.41) is 0. The van der Waals surface area contributed by atoms with Crippen molar-refractivity contribution in [1.29, 1.82) is 0 Å². The van der Waals surface area contributed by atoms with Crippen molar-refractivity contribution in [3.05, 3.63) is 33.4 Å². The van der Waals surface area contributed by atoms with Crippen molar-refractivity contribution in [3.8, 4) is 0 Å². The molecule has 0 saturated heterocycles. The van der Waals surface area contributed by atoms with Crippen molar-refractivity contribution in [3.63, 3.8) is 0 Å². The molecule has 0 radical (unpaired) electrons. The van der Waals surface area contributed by atoms with Gasteiger partial charge >= 0.3 is 0 Å². The lowest BCUT2D eigenvalue weighted by Crippen LogP contribution is -2.15. The van der Waals surface area contributed by atoms with Crippen LogP contribution in [0.4, 0.5) is 0 Å². The Balaban J connectivity index is 2.21. The molecule has 0 aliphatic heterocycles. The van der Waals surface area contributed by atoms with Crippen LogP contribution in [0.2, 0.25) is 0 Å². The number of halogens is 1. The molecule has 78 valence electrons. The summed E-state index contributed by atoms with van der Waals surface area (Å²) in [7, 11) is 0. The summed E-state index contributed by atoms with van der Waals surface area (Å²) < 4.78 is 1.30. The van der Waals surface area contributed by atoms with Crippen LogP contribution in [-0.2, 0) is 5.75 Å². The molecule has 0 heterocycles. The Hall–Kier alpha value is 0.260. The maximum absolute atomic E-state index is 5.68. The van der Waals surface area contributed by atoms with Crippen LogP contribution in [0.15, 0.2) is 24.3 Å².